The molecule has 2 aromatic rings. The van der Waals surface area contributed by atoms with Crippen LogP contribution in [0.1, 0.15) is 93.0 Å². The molecule has 2 aromatic heterocycles. The van der Waals surface area contributed by atoms with Crippen molar-refractivity contribution in [3.8, 4) is 5.69 Å². The molecule has 1 fully saturated rings. The fraction of sp³-hybridized carbons (Fsp3) is 0.778. The van der Waals surface area contributed by atoms with Gasteiger partial charge in [0.15, 0.2) is 6.29 Å². The lowest BCUT2D eigenvalue weighted by Gasteiger charge is -2.42. The van der Waals surface area contributed by atoms with Gasteiger partial charge in [-0.3, -0.25) is 4.68 Å². The third-order valence-corrected chi connectivity index (χ3v) is 13.5. The number of hydrogen-bond acceptors (Lipinski definition) is 6. The molecule has 0 radical (unpaired) electrons. The third kappa shape index (κ3) is 6.41. The molecule has 3 heterocycles. The highest BCUT2D eigenvalue weighted by atomic mass is 28.4. The van der Waals surface area contributed by atoms with Crippen LogP contribution in [0.25, 0.3) is 5.69 Å². The Labute approximate surface area is 219 Å². The zero-order chi connectivity index (χ0) is 26.7. The monoisotopic (exact) mass is 519 g/mol. The molecule has 2 N–H and O–H groups in total. The van der Waals surface area contributed by atoms with E-state index >= 15 is 0 Å². The Hall–Kier alpha value is -1.68. The van der Waals surface area contributed by atoms with E-state index in [1.165, 1.54) is 0 Å². The van der Waals surface area contributed by atoms with Gasteiger partial charge in [-0.25, -0.2) is 4.68 Å². The first-order chi connectivity index (χ1) is 16.9. The average Bonchev–Trinajstić information content (AvgIpc) is 3.37. The van der Waals surface area contributed by atoms with E-state index in [0.29, 0.717) is 42.2 Å². The number of nitrogens with zero attached hydrogens (tertiary/aromatic N) is 4. The highest BCUT2D eigenvalue weighted by Gasteiger charge is 2.45. The molecule has 3 rings (SSSR count). The Morgan fingerprint density at radius 2 is 1.75 bits per heavy atom. The fourth-order valence-electron chi connectivity index (χ4n) is 5.61. The van der Waals surface area contributed by atoms with Gasteiger partial charge in [0.2, 0.25) is 8.32 Å². The Morgan fingerprint density at radius 1 is 1.08 bits per heavy atom. The molecule has 9 heteroatoms. The Morgan fingerprint density at radius 3 is 2.28 bits per heavy atom. The number of nitrogen functional groups attached to an aromatic ring is 1. The van der Waals surface area contributed by atoms with E-state index in [4.69, 9.17) is 29.8 Å². The minimum atomic E-state index is -2.06. The van der Waals surface area contributed by atoms with Gasteiger partial charge >= 0.3 is 0 Å². The van der Waals surface area contributed by atoms with E-state index in [2.05, 4.69) is 62.3 Å². The molecule has 1 saturated heterocycles. The van der Waals surface area contributed by atoms with Gasteiger partial charge < -0.3 is 19.6 Å². The summed E-state index contributed by atoms with van der Waals surface area (Å²) in [6.45, 7) is 22.6. The summed E-state index contributed by atoms with van der Waals surface area (Å²) >= 11 is 0. The van der Waals surface area contributed by atoms with Crippen LogP contribution in [-0.4, -0.2) is 47.4 Å². The predicted octanol–water partition coefficient (Wildman–Crippen LogP) is 6.18. The second-order valence-corrected chi connectivity index (χ2v) is 17.6. The first-order valence-corrected chi connectivity index (χ1v) is 15.8. The molecule has 0 spiro atoms. The quantitative estimate of drug-likeness (QED) is 0.356. The van der Waals surface area contributed by atoms with Crippen molar-refractivity contribution >= 4 is 14.1 Å². The van der Waals surface area contributed by atoms with Gasteiger partial charge in [0.1, 0.15) is 17.2 Å². The van der Waals surface area contributed by atoms with Gasteiger partial charge in [0, 0.05) is 18.1 Å². The molecular formula is C27H49N5O3Si. The maximum Gasteiger partial charge on any atom is 0.200 e. The van der Waals surface area contributed by atoms with E-state index < -0.39 is 8.32 Å². The van der Waals surface area contributed by atoms with Gasteiger partial charge in [-0.1, -0.05) is 62.3 Å². The summed E-state index contributed by atoms with van der Waals surface area (Å²) in [7, 11) is -2.06. The van der Waals surface area contributed by atoms with E-state index in [1.807, 2.05) is 21.6 Å². The Balaban J connectivity index is 1.89. The zero-order valence-corrected chi connectivity index (χ0v) is 25.0. The van der Waals surface area contributed by atoms with Crippen LogP contribution in [0.4, 0.5) is 5.82 Å². The summed E-state index contributed by atoms with van der Waals surface area (Å²) in [5.41, 5.74) is 10.5. The van der Waals surface area contributed by atoms with Crippen molar-refractivity contribution in [1.29, 1.82) is 0 Å². The second kappa shape index (κ2) is 11.8. The summed E-state index contributed by atoms with van der Waals surface area (Å²) in [4.78, 5) is 0. The third-order valence-electron chi connectivity index (χ3n) is 7.48. The lowest BCUT2D eigenvalue weighted by molar-refractivity contribution is -0.163. The maximum atomic E-state index is 6.92. The highest BCUT2D eigenvalue weighted by Crippen LogP contribution is 2.43. The molecular weight excluding hydrogens is 470 g/mol. The van der Waals surface area contributed by atoms with Crippen LogP contribution in [0.5, 0.6) is 0 Å². The fourth-order valence-corrected chi connectivity index (χ4v) is 11.0. The first-order valence-electron chi connectivity index (χ1n) is 13.7. The minimum absolute atomic E-state index is 0.102. The molecule has 1 aliphatic rings. The van der Waals surface area contributed by atoms with Crippen molar-refractivity contribution in [2.24, 2.45) is 0 Å². The van der Waals surface area contributed by atoms with Gasteiger partial charge in [0.25, 0.3) is 0 Å². The van der Waals surface area contributed by atoms with Crippen LogP contribution < -0.4 is 5.73 Å². The van der Waals surface area contributed by atoms with Crippen molar-refractivity contribution in [2.75, 3.05) is 18.9 Å². The minimum Gasteiger partial charge on any atom is -0.410 e. The van der Waals surface area contributed by atoms with Crippen molar-refractivity contribution in [2.45, 2.75) is 123 Å². The molecule has 0 aromatic carbocycles. The van der Waals surface area contributed by atoms with E-state index in [1.54, 1.807) is 0 Å². The van der Waals surface area contributed by atoms with Crippen molar-refractivity contribution in [1.82, 2.24) is 19.6 Å². The van der Waals surface area contributed by atoms with Gasteiger partial charge in [-0.15, -0.1) is 0 Å². The zero-order valence-electron chi connectivity index (χ0n) is 24.0. The maximum absolute atomic E-state index is 6.92. The van der Waals surface area contributed by atoms with Crippen LogP contribution in [0, 0.1) is 0 Å². The van der Waals surface area contributed by atoms with Crippen molar-refractivity contribution in [3.63, 3.8) is 0 Å². The second-order valence-electron chi connectivity index (χ2n) is 12.1. The van der Waals surface area contributed by atoms with Crippen molar-refractivity contribution < 1.29 is 13.9 Å². The van der Waals surface area contributed by atoms with Gasteiger partial charge in [-0.05, 0) is 35.9 Å². The smallest absolute Gasteiger partial charge is 0.200 e. The lowest BCUT2D eigenvalue weighted by atomic mass is 9.92. The molecule has 0 aliphatic carbocycles. The Bertz CT molecular complexity index is 949. The largest absolute Gasteiger partial charge is 0.410 e. The lowest BCUT2D eigenvalue weighted by Crippen LogP contribution is -2.47. The van der Waals surface area contributed by atoms with E-state index in [-0.39, 0.29) is 11.7 Å². The molecule has 8 nitrogen and oxygen atoms in total. The van der Waals surface area contributed by atoms with Crippen molar-refractivity contribution in [3.05, 3.63) is 23.7 Å². The van der Waals surface area contributed by atoms with Gasteiger partial charge in [0.05, 0.1) is 31.6 Å². The summed E-state index contributed by atoms with van der Waals surface area (Å²) < 4.78 is 22.3. The molecule has 204 valence electrons. The summed E-state index contributed by atoms with van der Waals surface area (Å²) in [6, 6.07) is 1.96. The van der Waals surface area contributed by atoms with Crippen LogP contribution >= 0.6 is 0 Å². The number of hydrogen-bond donors (Lipinski definition) is 1. The molecule has 0 saturated carbocycles. The number of rotatable bonds is 11. The molecule has 0 bridgehead atoms. The molecule has 36 heavy (non-hydrogen) atoms. The molecule has 1 unspecified atom stereocenters. The molecule has 0 amide bonds. The predicted molar refractivity (Wildman–Crippen MR) is 148 cm³/mol. The topological polar surface area (TPSA) is 89.4 Å². The molecule has 1 aliphatic heterocycles. The summed E-state index contributed by atoms with van der Waals surface area (Å²) in [5, 5.41) is 9.81. The number of aromatic nitrogens is 4. The summed E-state index contributed by atoms with van der Waals surface area (Å²) in [5.74, 6) is 0.604. The summed E-state index contributed by atoms with van der Waals surface area (Å²) in [6.07, 6.45) is 5.13. The van der Waals surface area contributed by atoms with Crippen LogP contribution in [-0.2, 0) is 32.5 Å². The van der Waals surface area contributed by atoms with Crippen LogP contribution in [0.15, 0.2) is 12.3 Å². The number of anilines is 1. The average molecular weight is 520 g/mol. The first kappa shape index (κ1) is 28.9. The Kier molecular flexibility index (Phi) is 9.46. The number of ether oxygens (including phenoxy) is 2. The van der Waals surface area contributed by atoms with E-state index in [9.17, 15) is 0 Å². The normalized spacial score (nSPS) is 17.6. The number of nitrogens with two attached hydrogens (primary N) is 1. The van der Waals surface area contributed by atoms with E-state index in [0.717, 1.165) is 42.9 Å². The van der Waals surface area contributed by atoms with Gasteiger partial charge in [-0.2, -0.15) is 10.2 Å². The molecule has 1 atom stereocenters. The van der Waals surface area contributed by atoms with Crippen LogP contribution in [0.3, 0.4) is 0 Å². The standard InChI is InChI=1S/C27H49N5O3Si/c1-19(2)36(20(3)4,21(5)6)35-18-22-23(32-25(28)16-24(30-32)27(7,8)9)17-31(29-22)13-15-34-26-12-10-11-14-33-26/h16-17,19-21,26H,10-15,18,28H2,1-9H3. The van der Waals surface area contributed by atoms with Crippen LogP contribution in [0.2, 0.25) is 16.6 Å². The SMILES string of the molecule is CC(C)[Si](OCc1nn(CCOC2CCCCO2)cc1-n1nc(C(C)(C)C)cc1N)(C(C)C)C(C)C. The highest BCUT2D eigenvalue weighted by molar-refractivity contribution is 6.77.